The maximum Gasteiger partial charge on any atom is 0.264 e. The van der Waals surface area contributed by atoms with Crippen molar-refractivity contribution in [2.24, 2.45) is 10.9 Å². The molecule has 2 aromatic heterocycles. The lowest BCUT2D eigenvalue weighted by Crippen LogP contribution is -2.28. The van der Waals surface area contributed by atoms with Gasteiger partial charge in [0, 0.05) is 22.5 Å². The van der Waals surface area contributed by atoms with Gasteiger partial charge in [-0.25, -0.2) is 0 Å². The van der Waals surface area contributed by atoms with Gasteiger partial charge < -0.3 is 0 Å². The third-order valence-electron chi connectivity index (χ3n) is 4.08. The smallest absolute Gasteiger partial charge is 0.264 e. The molecule has 0 N–H and O–H groups in total. The minimum absolute atomic E-state index is 0.0482. The number of rotatable bonds is 2. The third kappa shape index (κ3) is 2.93. The number of pyridine rings is 1. The standard InChI is InChI=1S/C18H22N2OS/c1-12(2)19-17-6-4-5-9-20(17)18(21)15-11-22-16-10-13(3)7-8-14(15)16/h4-6,9,11-13H,7-8,10H2,1-3H3. The Labute approximate surface area is 135 Å². The number of aromatic nitrogens is 1. The highest BCUT2D eigenvalue weighted by Crippen LogP contribution is 2.33. The van der Waals surface area contributed by atoms with Gasteiger partial charge in [0.05, 0.1) is 5.56 Å². The molecule has 0 radical (unpaired) electrons. The minimum atomic E-state index is 0.0482. The first kappa shape index (κ1) is 15.2. The average Bonchev–Trinajstić information content (AvgIpc) is 2.89. The van der Waals surface area contributed by atoms with Crippen LogP contribution in [0.4, 0.5) is 0 Å². The SMILES string of the molecule is CC1CCc2c(C(=O)n3ccccc3=NC(C)C)csc2C1. The van der Waals surface area contributed by atoms with Crippen LogP contribution in [0.5, 0.6) is 0 Å². The molecular formula is C18H22N2OS. The Bertz CT molecular complexity index is 754. The van der Waals surface area contributed by atoms with E-state index in [1.165, 1.54) is 16.9 Å². The molecule has 0 spiro atoms. The van der Waals surface area contributed by atoms with Gasteiger partial charge in [-0.2, -0.15) is 0 Å². The van der Waals surface area contributed by atoms with E-state index < -0.39 is 0 Å². The molecule has 1 aliphatic carbocycles. The fraction of sp³-hybridized carbons (Fsp3) is 0.444. The molecule has 2 aromatic rings. The van der Waals surface area contributed by atoms with Gasteiger partial charge in [-0.3, -0.25) is 14.4 Å². The molecule has 3 nitrogen and oxygen atoms in total. The highest BCUT2D eigenvalue weighted by atomic mass is 32.1. The first-order chi connectivity index (χ1) is 10.6. The summed E-state index contributed by atoms with van der Waals surface area (Å²) in [5, 5.41) is 2.03. The maximum atomic E-state index is 13.0. The highest BCUT2D eigenvalue weighted by molar-refractivity contribution is 7.10. The quantitative estimate of drug-likeness (QED) is 0.833. The van der Waals surface area contributed by atoms with E-state index in [1.54, 1.807) is 15.9 Å². The molecule has 0 aliphatic heterocycles. The van der Waals surface area contributed by atoms with Gasteiger partial charge in [0.2, 0.25) is 0 Å². The summed E-state index contributed by atoms with van der Waals surface area (Å²) in [5.41, 5.74) is 2.86. The van der Waals surface area contributed by atoms with Crippen LogP contribution < -0.4 is 5.49 Å². The number of carbonyl (C=O) groups excluding carboxylic acids is 1. The van der Waals surface area contributed by atoms with Gasteiger partial charge in [0.25, 0.3) is 5.91 Å². The van der Waals surface area contributed by atoms with Crippen LogP contribution in [-0.4, -0.2) is 16.5 Å². The van der Waals surface area contributed by atoms with Crippen LogP contribution in [0, 0.1) is 5.92 Å². The third-order valence-corrected chi connectivity index (χ3v) is 5.13. The van der Waals surface area contributed by atoms with E-state index in [0.717, 1.165) is 29.8 Å². The predicted molar refractivity (Wildman–Crippen MR) is 90.4 cm³/mol. The van der Waals surface area contributed by atoms with Gasteiger partial charge in [-0.15, -0.1) is 11.3 Å². The molecule has 0 fully saturated rings. The Morgan fingerprint density at radius 2 is 2.23 bits per heavy atom. The molecular weight excluding hydrogens is 292 g/mol. The summed E-state index contributed by atoms with van der Waals surface area (Å²) >= 11 is 1.73. The Balaban J connectivity index is 2.03. The molecule has 4 heteroatoms. The number of hydrogen-bond acceptors (Lipinski definition) is 3. The van der Waals surface area contributed by atoms with Crippen LogP contribution in [0.15, 0.2) is 34.8 Å². The van der Waals surface area contributed by atoms with Crippen molar-refractivity contribution >= 4 is 17.2 Å². The van der Waals surface area contributed by atoms with E-state index in [0.29, 0.717) is 0 Å². The van der Waals surface area contributed by atoms with Gasteiger partial charge >= 0.3 is 0 Å². The molecule has 2 heterocycles. The molecule has 0 saturated carbocycles. The molecule has 3 rings (SSSR count). The monoisotopic (exact) mass is 314 g/mol. The highest BCUT2D eigenvalue weighted by Gasteiger charge is 2.23. The van der Waals surface area contributed by atoms with Crippen molar-refractivity contribution in [3.05, 3.63) is 51.3 Å². The fourth-order valence-electron chi connectivity index (χ4n) is 2.96. The maximum absolute atomic E-state index is 13.0. The number of nitrogens with zero attached hydrogens (tertiary/aromatic N) is 2. The summed E-state index contributed by atoms with van der Waals surface area (Å²) in [6.07, 6.45) is 5.12. The predicted octanol–water partition coefficient (Wildman–Crippen LogP) is 3.67. The van der Waals surface area contributed by atoms with Gasteiger partial charge in [0.15, 0.2) is 0 Å². The van der Waals surface area contributed by atoms with Crippen LogP contribution in [0.1, 0.15) is 48.0 Å². The topological polar surface area (TPSA) is 34.4 Å². The molecule has 1 atom stereocenters. The number of carbonyl (C=O) groups is 1. The van der Waals surface area contributed by atoms with Crippen molar-refractivity contribution in [1.29, 1.82) is 0 Å². The lowest BCUT2D eigenvalue weighted by atomic mass is 9.88. The molecule has 22 heavy (non-hydrogen) atoms. The van der Waals surface area contributed by atoms with Crippen LogP contribution >= 0.6 is 11.3 Å². The van der Waals surface area contributed by atoms with Crippen LogP contribution in [-0.2, 0) is 12.8 Å². The molecule has 1 aliphatic rings. The molecule has 0 saturated heterocycles. The normalized spacial score (nSPS) is 18.5. The molecule has 116 valence electrons. The average molecular weight is 314 g/mol. The van der Waals surface area contributed by atoms with E-state index in [9.17, 15) is 4.79 Å². The number of fused-ring (bicyclic) bond motifs is 1. The van der Waals surface area contributed by atoms with E-state index >= 15 is 0 Å². The van der Waals surface area contributed by atoms with Crippen LogP contribution in [0.25, 0.3) is 0 Å². The molecule has 0 aromatic carbocycles. The van der Waals surface area contributed by atoms with Crippen molar-refractivity contribution in [3.63, 3.8) is 0 Å². The lowest BCUT2D eigenvalue weighted by Gasteiger charge is -2.19. The minimum Gasteiger partial charge on any atom is -0.268 e. The van der Waals surface area contributed by atoms with Crippen molar-refractivity contribution in [1.82, 2.24) is 4.57 Å². The first-order valence-corrected chi connectivity index (χ1v) is 8.79. The lowest BCUT2D eigenvalue weighted by molar-refractivity contribution is 0.0954. The van der Waals surface area contributed by atoms with Crippen molar-refractivity contribution < 1.29 is 4.79 Å². The van der Waals surface area contributed by atoms with Crippen molar-refractivity contribution in [2.45, 2.75) is 46.1 Å². The summed E-state index contributed by atoms with van der Waals surface area (Å²) in [6.45, 7) is 6.33. The summed E-state index contributed by atoms with van der Waals surface area (Å²) in [5.74, 6) is 0.775. The van der Waals surface area contributed by atoms with Crippen molar-refractivity contribution in [3.8, 4) is 0 Å². The fourth-order valence-corrected chi connectivity index (χ4v) is 4.20. The Hall–Kier alpha value is -1.68. The van der Waals surface area contributed by atoms with E-state index in [4.69, 9.17) is 0 Å². The van der Waals surface area contributed by atoms with Crippen LogP contribution in [0.3, 0.4) is 0 Å². The van der Waals surface area contributed by atoms with E-state index in [2.05, 4.69) is 11.9 Å². The Morgan fingerprint density at radius 3 is 3.00 bits per heavy atom. The zero-order valence-electron chi connectivity index (χ0n) is 13.4. The molecule has 1 unspecified atom stereocenters. The molecule has 0 bridgehead atoms. The molecule has 0 amide bonds. The van der Waals surface area contributed by atoms with Gasteiger partial charge in [-0.05, 0) is 56.7 Å². The second kappa shape index (κ2) is 6.21. The largest absolute Gasteiger partial charge is 0.268 e. The Kier molecular flexibility index (Phi) is 4.30. The first-order valence-electron chi connectivity index (χ1n) is 7.91. The zero-order chi connectivity index (χ0) is 15.7. The Morgan fingerprint density at radius 1 is 1.41 bits per heavy atom. The second-order valence-electron chi connectivity index (χ2n) is 6.36. The van der Waals surface area contributed by atoms with Gasteiger partial charge in [-0.1, -0.05) is 13.0 Å². The number of hydrogen-bond donors (Lipinski definition) is 0. The summed E-state index contributed by atoms with van der Waals surface area (Å²) < 4.78 is 1.68. The second-order valence-corrected chi connectivity index (χ2v) is 7.32. The zero-order valence-corrected chi connectivity index (χ0v) is 14.2. The van der Waals surface area contributed by atoms with E-state index in [-0.39, 0.29) is 11.9 Å². The van der Waals surface area contributed by atoms with Crippen LogP contribution in [0.2, 0.25) is 0 Å². The van der Waals surface area contributed by atoms with Crippen molar-refractivity contribution in [2.75, 3.05) is 0 Å². The summed E-state index contributed by atoms with van der Waals surface area (Å²) in [7, 11) is 0. The summed E-state index contributed by atoms with van der Waals surface area (Å²) in [4.78, 5) is 18.9. The number of thiophene rings is 1. The van der Waals surface area contributed by atoms with Gasteiger partial charge in [0.1, 0.15) is 5.49 Å². The summed E-state index contributed by atoms with van der Waals surface area (Å²) in [6, 6.07) is 5.88. The van der Waals surface area contributed by atoms with E-state index in [1.807, 2.05) is 43.6 Å².